The van der Waals surface area contributed by atoms with Gasteiger partial charge in [0.05, 0.1) is 0 Å². The number of rotatable bonds is 1. The predicted octanol–water partition coefficient (Wildman–Crippen LogP) is 2.57. The highest BCUT2D eigenvalue weighted by Crippen LogP contribution is 2.39. The van der Waals surface area contributed by atoms with Gasteiger partial charge in [0.25, 0.3) is 0 Å². The molecule has 0 spiro atoms. The number of hydrogen-bond donors (Lipinski definition) is 0. The van der Waals surface area contributed by atoms with Crippen LogP contribution in [0.1, 0.15) is 12.8 Å². The van der Waals surface area contributed by atoms with Crippen molar-refractivity contribution in [1.82, 2.24) is 0 Å². The van der Waals surface area contributed by atoms with E-state index < -0.39 is 8.07 Å². The fraction of sp³-hybridized carbons (Fsp3) is 0.857. The quantitative estimate of drug-likeness (QED) is 0.474. The molecule has 0 amide bonds. The summed E-state index contributed by atoms with van der Waals surface area (Å²) in [5.74, 6) is 0. The average Bonchev–Trinajstić information content (AvgIpc) is 1.16. The highest BCUT2D eigenvalue weighted by Gasteiger charge is 2.31. The van der Waals surface area contributed by atoms with E-state index in [-0.39, 0.29) is 0 Å². The van der Waals surface area contributed by atoms with Crippen molar-refractivity contribution in [2.75, 3.05) is 0 Å². The summed E-state index contributed by atoms with van der Waals surface area (Å²) in [6, 6.07) is 0. The summed E-state index contributed by atoms with van der Waals surface area (Å²) in [6.45, 7) is 7.33. The van der Waals surface area contributed by atoms with Crippen molar-refractivity contribution in [3.8, 4) is 0 Å². The topological polar surface area (TPSA) is 0 Å². The zero-order valence-corrected chi connectivity index (χ0v) is 6.99. The highest BCUT2D eigenvalue weighted by molar-refractivity contribution is 6.77. The summed E-state index contributed by atoms with van der Waals surface area (Å²) >= 11 is 0. The molecule has 1 rings (SSSR count). The second-order valence-electron chi connectivity index (χ2n) is 3.72. The molecule has 46 valence electrons. The third-order valence-corrected chi connectivity index (χ3v) is 4.86. The molecule has 1 saturated carbocycles. The first-order valence-electron chi connectivity index (χ1n) is 3.31. The Morgan fingerprint density at radius 2 is 1.75 bits per heavy atom. The first-order chi connectivity index (χ1) is 3.61. The lowest BCUT2D eigenvalue weighted by molar-refractivity contribution is 0.626. The van der Waals surface area contributed by atoms with Crippen molar-refractivity contribution in [2.24, 2.45) is 0 Å². The van der Waals surface area contributed by atoms with E-state index >= 15 is 0 Å². The maximum Gasteiger partial charge on any atom is 0.0474 e. The molecule has 0 aliphatic heterocycles. The van der Waals surface area contributed by atoms with Gasteiger partial charge < -0.3 is 0 Å². The molecule has 8 heavy (non-hydrogen) atoms. The standard InChI is InChI=1S/C7H14Si/c1-8(2,3)7-5-4-6-7/h7H,5-6H2,1-3H3. The van der Waals surface area contributed by atoms with Gasteiger partial charge in [-0.2, -0.15) is 0 Å². The maximum absolute atomic E-state index is 3.30. The molecule has 1 fully saturated rings. The summed E-state index contributed by atoms with van der Waals surface area (Å²) in [6.07, 6.45) is 5.88. The molecule has 1 heteroatoms. The largest absolute Gasteiger partial charge is 0.0693 e. The summed E-state index contributed by atoms with van der Waals surface area (Å²) in [7, 11) is -0.736. The van der Waals surface area contributed by atoms with Crippen molar-refractivity contribution >= 4 is 8.07 Å². The lowest BCUT2D eigenvalue weighted by Gasteiger charge is -2.35. The molecule has 1 aliphatic rings. The van der Waals surface area contributed by atoms with Gasteiger partial charge in [0.2, 0.25) is 0 Å². The fourth-order valence-corrected chi connectivity index (χ4v) is 2.41. The Morgan fingerprint density at radius 3 is 1.75 bits per heavy atom. The highest BCUT2D eigenvalue weighted by atomic mass is 28.3. The Bertz CT molecular complexity index is 76.9. The van der Waals surface area contributed by atoms with Gasteiger partial charge >= 0.3 is 0 Å². The molecule has 0 heterocycles. The van der Waals surface area contributed by atoms with Crippen molar-refractivity contribution in [3.05, 3.63) is 6.42 Å². The average molecular weight is 126 g/mol. The normalized spacial score (nSPS) is 22.9. The van der Waals surface area contributed by atoms with Crippen LogP contribution < -0.4 is 0 Å². The summed E-state index contributed by atoms with van der Waals surface area (Å²) in [4.78, 5) is 0. The molecular weight excluding hydrogens is 112 g/mol. The van der Waals surface area contributed by atoms with Gasteiger partial charge in [0.1, 0.15) is 0 Å². The maximum atomic E-state index is 3.30. The van der Waals surface area contributed by atoms with Crippen LogP contribution in [0.2, 0.25) is 25.2 Å². The van der Waals surface area contributed by atoms with Gasteiger partial charge in [0, 0.05) is 8.07 Å². The van der Waals surface area contributed by atoms with Crippen LogP contribution in [0.25, 0.3) is 0 Å². The van der Waals surface area contributed by atoms with Gasteiger partial charge in [-0.1, -0.05) is 19.6 Å². The molecule has 0 N–H and O–H groups in total. The minimum atomic E-state index is -0.736. The van der Waals surface area contributed by atoms with E-state index in [2.05, 4.69) is 26.1 Å². The molecular formula is C7H14Si. The van der Waals surface area contributed by atoms with Gasteiger partial charge in [-0.25, -0.2) is 0 Å². The van der Waals surface area contributed by atoms with E-state index in [1.165, 1.54) is 12.8 Å². The van der Waals surface area contributed by atoms with E-state index in [1.807, 2.05) is 0 Å². The molecule has 0 unspecified atom stereocenters. The van der Waals surface area contributed by atoms with Gasteiger partial charge in [-0.05, 0) is 24.8 Å². The Labute approximate surface area is 53.3 Å². The van der Waals surface area contributed by atoms with Crippen LogP contribution >= 0.6 is 0 Å². The zero-order valence-electron chi connectivity index (χ0n) is 5.99. The van der Waals surface area contributed by atoms with Crippen LogP contribution in [-0.4, -0.2) is 8.07 Å². The van der Waals surface area contributed by atoms with E-state index in [0.717, 1.165) is 5.54 Å². The third-order valence-electron chi connectivity index (χ3n) is 2.01. The molecule has 1 aliphatic carbocycles. The van der Waals surface area contributed by atoms with Crippen molar-refractivity contribution in [2.45, 2.75) is 38.0 Å². The van der Waals surface area contributed by atoms with Crippen LogP contribution in [0.3, 0.4) is 0 Å². The van der Waals surface area contributed by atoms with Crippen LogP contribution in [0.15, 0.2) is 0 Å². The van der Waals surface area contributed by atoms with E-state index in [1.54, 1.807) is 0 Å². The number of hydrogen-bond acceptors (Lipinski definition) is 0. The molecule has 0 aromatic rings. The van der Waals surface area contributed by atoms with Crippen molar-refractivity contribution < 1.29 is 0 Å². The van der Waals surface area contributed by atoms with Crippen LogP contribution in [0.5, 0.6) is 0 Å². The van der Waals surface area contributed by atoms with Crippen molar-refractivity contribution in [3.63, 3.8) is 0 Å². The van der Waals surface area contributed by atoms with Crippen LogP contribution in [0, 0.1) is 6.42 Å². The lowest BCUT2D eigenvalue weighted by Crippen LogP contribution is -2.32. The van der Waals surface area contributed by atoms with E-state index in [9.17, 15) is 0 Å². The molecule has 0 aromatic carbocycles. The van der Waals surface area contributed by atoms with Crippen LogP contribution in [0.4, 0.5) is 0 Å². The van der Waals surface area contributed by atoms with Crippen LogP contribution in [-0.2, 0) is 0 Å². The van der Waals surface area contributed by atoms with E-state index in [4.69, 9.17) is 0 Å². The van der Waals surface area contributed by atoms with Crippen molar-refractivity contribution in [1.29, 1.82) is 0 Å². The molecule has 0 atom stereocenters. The molecule has 0 saturated heterocycles. The van der Waals surface area contributed by atoms with Gasteiger partial charge in [-0.15, -0.1) is 0 Å². The minimum absolute atomic E-state index is 0.736. The zero-order chi connectivity index (χ0) is 6.20. The molecule has 0 nitrogen and oxygen atoms in total. The molecule has 2 radical (unpaired) electrons. The monoisotopic (exact) mass is 126 g/mol. The molecule has 0 aromatic heterocycles. The lowest BCUT2D eigenvalue weighted by atomic mass is 10.00. The third kappa shape index (κ3) is 1.13. The van der Waals surface area contributed by atoms with Gasteiger partial charge in [-0.3, -0.25) is 0 Å². The predicted molar refractivity (Wildman–Crippen MR) is 39.6 cm³/mol. The Hall–Kier alpha value is 0.217. The first kappa shape index (κ1) is 6.34. The second kappa shape index (κ2) is 1.87. The minimum Gasteiger partial charge on any atom is -0.0693 e. The summed E-state index contributed by atoms with van der Waals surface area (Å²) in [5.41, 5.74) is 1.06. The smallest absolute Gasteiger partial charge is 0.0474 e. The SMILES string of the molecule is C[Si](C)(C)C1C[C]C1. The van der Waals surface area contributed by atoms with E-state index in [0.29, 0.717) is 0 Å². The summed E-state index contributed by atoms with van der Waals surface area (Å²) in [5, 5.41) is 0. The Balaban J connectivity index is 2.34. The van der Waals surface area contributed by atoms with Gasteiger partial charge in [0.15, 0.2) is 0 Å². The summed E-state index contributed by atoms with van der Waals surface area (Å²) < 4.78 is 0. The molecule has 0 bridgehead atoms. The first-order valence-corrected chi connectivity index (χ1v) is 6.89. The fourth-order valence-electron chi connectivity index (χ4n) is 0.901. The Morgan fingerprint density at radius 1 is 1.25 bits per heavy atom. The Kier molecular flexibility index (Phi) is 1.48. The second-order valence-corrected chi connectivity index (χ2v) is 9.27.